The van der Waals surface area contributed by atoms with Crippen molar-refractivity contribution in [2.24, 2.45) is 0 Å². The van der Waals surface area contributed by atoms with Crippen LogP contribution >= 0.6 is 11.6 Å². The number of imidazole rings is 1. The Hall–Kier alpha value is -3.26. The molecule has 1 aliphatic heterocycles. The number of imide groups is 1. The van der Waals surface area contributed by atoms with Gasteiger partial charge in [-0.1, -0.05) is 17.7 Å². The summed E-state index contributed by atoms with van der Waals surface area (Å²) in [6.45, 7) is -0.0806. The highest BCUT2D eigenvalue weighted by molar-refractivity contribution is 6.30. The Morgan fingerprint density at radius 3 is 2.68 bits per heavy atom. The van der Waals surface area contributed by atoms with E-state index in [2.05, 4.69) is 4.98 Å². The summed E-state index contributed by atoms with van der Waals surface area (Å²) in [5.41, 5.74) is 0.567. The molecule has 4 rings (SSSR count). The monoisotopic (exact) mass is 356 g/mol. The van der Waals surface area contributed by atoms with Crippen LogP contribution in [0.3, 0.4) is 0 Å². The largest absolute Gasteiger partial charge is 0.305 e. The van der Waals surface area contributed by atoms with Gasteiger partial charge in [0.25, 0.3) is 17.5 Å². The first-order chi connectivity index (χ1) is 12.0. The van der Waals surface area contributed by atoms with Crippen LogP contribution in [0.25, 0.3) is 5.65 Å². The molecular formula is C16H9ClN4O4. The summed E-state index contributed by atoms with van der Waals surface area (Å²) < 4.78 is 1.68. The molecule has 0 spiro atoms. The van der Waals surface area contributed by atoms with E-state index in [9.17, 15) is 19.7 Å². The summed E-state index contributed by atoms with van der Waals surface area (Å²) >= 11 is 5.92. The van der Waals surface area contributed by atoms with Gasteiger partial charge in [0.15, 0.2) is 0 Å². The third-order valence-corrected chi connectivity index (χ3v) is 4.18. The molecule has 124 valence electrons. The first-order valence-electron chi connectivity index (χ1n) is 7.22. The van der Waals surface area contributed by atoms with Gasteiger partial charge in [-0.25, -0.2) is 4.98 Å². The fourth-order valence-corrected chi connectivity index (χ4v) is 3.03. The third kappa shape index (κ3) is 2.34. The first-order valence-corrected chi connectivity index (χ1v) is 7.60. The van der Waals surface area contributed by atoms with Crippen molar-refractivity contribution in [1.82, 2.24) is 14.3 Å². The van der Waals surface area contributed by atoms with Gasteiger partial charge in [0, 0.05) is 18.5 Å². The quantitative estimate of drug-likeness (QED) is 0.408. The van der Waals surface area contributed by atoms with E-state index in [4.69, 9.17) is 11.6 Å². The second kappa shape index (κ2) is 5.38. The lowest BCUT2D eigenvalue weighted by Gasteiger charge is -2.11. The zero-order chi connectivity index (χ0) is 17.7. The molecule has 0 saturated heterocycles. The number of fused-ring (bicyclic) bond motifs is 2. The maximum Gasteiger partial charge on any atom is 0.282 e. The molecule has 9 heteroatoms. The number of nitro benzene ring substituents is 1. The Balaban J connectivity index is 1.71. The van der Waals surface area contributed by atoms with Crippen molar-refractivity contribution in [3.05, 3.63) is 74.7 Å². The molecule has 0 aliphatic carbocycles. The predicted molar refractivity (Wildman–Crippen MR) is 87.5 cm³/mol. The Morgan fingerprint density at radius 1 is 1.12 bits per heavy atom. The first kappa shape index (κ1) is 15.3. The number of nitro groups is 1. The number of halogens is 1. The summed E-state index contributed by atoms with van der Waals surface area (Å²) in [6, 6.07) is 7.39. The van der Waals surface area contributed by atoms with Gasteiger partial charge in [-0.15, -0.1) is 0 Å². The highest BCUT2D eigenvalue weighted by atomic mass is 35.5. The van der Waals surface area contributed by atoms with E-state index in [-0.39, 0.29) is 23.4 Å². The molecule has 0 bridgehead atoms. The smallest absolute Gasteiger partial charge is 0.282 e. The van der Waals surface area contributed by atoms with E-state index in [1.54, 1.807) is 28.9 Å². The Bertz CT molecular complexity index is 1080. The molecule has 0 N–H and O–H groups in total. The molecule has 8 nitrogen and oxygen atoms in total. The summed E-state index contributed by atoms with van der Waals surface area (Å²) in [4.78, 5) is 40.8. The molecule has 25 heavy (non-hydrogen) atoms. The standard InChI is InChI=1S/C16H9ClN4O4/c17-9-4-5-13-18-10(7-19(13)6-9)8-20-15(22)11-2-1-3-12(21(24)25)14(11)16(20)23/h1-7H,8H2. The zero-order valence-corrected chi connectivity index (χ0v) is 13.3. The highest BCUT2D eigenvalue weighted by Crippen LogP contribution is 2.31. The van der Waals surface area contributed by atoms with Crippen LogP contribution in [0, 0.1) is 10.1 Å². The average molecular weight is 357 g/mol. The van der Waals surface area contributed by atoms with Crippen LogP contribution in [0.4, 0.5) is 5.69 Å². The van der Waals surface area contributed by atoms with Crippen molar-refractivity contribution in [2.75, 3.05) is 0 Å². The van der Waals surface area contributed by atoms with E-state index in [0.29, 0.717) is 16.4 Å². The molecule has 1 aromatic carbocycles. The van der Waals surface area contributed by atoms with Crippen LogP contribution in [0.15, 0.2) is 42.7 Å². The lowest BCUT2D eigenvalue weighted by molar-refractivity contribution is -0.385. The maximum atomic E-state index is 12.6. The van der Waals surface area contributed by atoms with E-state index >= 15 is 0 Å². The normalized spacial score (nSPS) is 13.6. The minimum Gasteiger partial charge on any atom is -0.305 e. The van der Waals surface area contributed by atoms with Crippen molar-refractivity contribution < 1.29 is 14.5 Å². The fraction of sp³-hybridized carbons (Fsp3) is 0.0625. The van der Waals surface area contributed by atoms with Crippen LogP contribution in [0.5, 0.6) is 0 Å². The number of pyridine rings is 1. The zero-order valence-electron chi connectivity index (χ0n) is 12.5. The lowest BCUT2D eigenvalue weighted by atomic mass is 10.1. The lowest BCUT2D eigenvalue weighted by Crippen LogP contribution is -2.29. The van der Waals surface area contributed by atoms with Gasteiger partial charge in [-0.2, -0.15) is 0 Å². The molecule has 2 aromatic heterocycles. The van der Waals surface area contributed by atoms with Gasteiger partial charge in [0.2, 0.25) is 0 Å². The topological polar surface area (TPSA) is 97.8 Å². The molecule has 0 fully saturated rings. The van der Waals surface area contributed by atoms with Crippen molar-refractivity contribution in [1.29, 1.82) is 0 Å². The predicted octanol–water partition coefficient (Wildman–Crippen LogP) is 2.69. The number of hydrogen-bond acceptors (Lipinski definition) is 5. The van der Waals surface area contributed by atoms with Gasteiger partial charge >= 0.3 is 0 Å². The number of carbonyl (C=O) groups excluding carboxylic acids is 2. The molecule has 2 amide bonds. The van der Waals surface area contributed by atoms with E-state index in [0.717, 1.165) is 4.90 Å². The van der Waals surface area contributed by atoms with E-state index in [1.165, 1.54) is 18.2 Å². The summed E-state index contributed by atoms with van der Waals surface area (Å²) in [7, 11) is 0. The summed E-state index contributed by atoms with van der Waals surface area (Å²) in [5, 5.41) is 11.6. The molecule has 0 unspecified atom stereocenters. The third-order valence-electron chi connectivity index (χ3n) is 3.96. The Labute approximate surface area is 145 Å². The van der Waals surface area contributed by atoms with E-state index < -0.39 is 16.7 Å². The number of rotatable bonds is 3. The van der Waals surface area contributed by atoms with Crippen molar-refractivity contribution in [2.45, 2.75) is 6.54 Å². The van der Waals surface area contributed by atoms with Crippen LogP contribution in [-0.2, 0) is 6.54 Å². The number of hydrogen-bond donors (Lipinski definition) is 0. The van der Waals surface area contributed by atoms with Crippen LogP contribution in [0.1, 0.15) is 26.4 Å². The van der Waals surface area contributed by atoms with Crippen LogP contribution in [0.2, 0.25) is 5.02 Å². The number of aromatic nitrogens is 2. The molecule has 0 radical (unpaired) electrons. The van der Waals surface area contributed by atoms with Gasteiger partial charge in [0.1, 0.15) is 11.2 Å². The average Bonchev–Trinajstić information content (AvgIpc) is 3.08. The number of amides is 2. The van der Waals surface area contributed by atoms with Gasteiger partial charge < -0.3 is 4.40 Å². The molecule has 1 aliphatic rings. The van der Waals surface area contributed by atoms with Crippen LogP contribution < -0.4 is 0 Å². The van der Waals surface area contributed by atoms with Crippen LogP contribution in [-0.4, -0.2) is 31.0 Å². The second-order valence-corrected chi connectivity index (χ2v) is 5.93. The molecule has 3 heterocycles. The highest BCUT2D eigenvalue weighted by Gasteiger charge is 2.41. The fourth-order valence-electron chi connectivity index (χ4n) is 2.87. The van der Waals surface area contributed by atoms with Crippen molar-refractivity contribution in [3.8, 4) is 0 Å². The number of benzene rings is 1. The summed E-state index contributed by atoms with van der Waals surface area (Å²) in [5.74, 6) is -1.26. The van der Waals surface area contributed by atoms with Crippen molar-refractivity contribution >= 4 is 34.7 Å². The Morgan fingerprint density at radius 2 is 1.92 bits per heavy atom. The molecular weight excluding hydrogens is 348 g/mol. The maximum absolute atomic E-state index is 12.6. The van der Waals surface area contributed by atoms with Gasteiger partial charge in [-0.3, -0.25) is 24.6 Å². The summed E-state index contributed by atoms with van der Waals surface area (Å²) in [6.07, 6.45) is 3.31. The second-order valence-electron chi connectivity index (χ2n) is 5.50. The Kier molecular flexibility index (Phi) is 3.29. The molecule has 0 atom stereocenters. The van der Waals surface area contributed by atoms with Gasteiger partial charge in [0.05, 0.1) is 27.7 Å². The van der Waals surface area contributed by atoms with Crippen molar-refractivity contribution in [3.63, 3.8) is 0 Å². The SMILES string of the molecule is O=C1c2cccc([N+](=O)[O-])c2C(=O)N1Cc1cn2cc(Cl)ccc2n1. The number of carbonyl (C=O) groups is 2. The van der Waals surface area contributed by atoms with Gasteiger partial charge in [-0.05, 0) is 18.2 Å². The molecule has 3 aromatic rings. The number of nitrogens with zero attached hydrogens (tertiary/aromatic N) is 4. The minimum atomic E-state index is -0.692. The minimum absolute atomic E-state index is 0.0333. The van der Waals surface area contributed by atoms with E-state index in [1.807, 2.05) is 0 Å². The molecule has 0 saturated carbocycles.